The molecule has 51 heavy (non-hydrogen) atoms. The smallest absolute Gasteiger partial charge is 0.306 e. The lowest BCUT2D eigenvalue weighted by atomic mass is 10.0. The Morgan fingerprint density at radius 1 is 0.314 bits per heavy atom. The second-order valence-corrected chi connectivity index (χ2v) is 15.3. The highest BCUT2D eigenvalue weighted by Crippen LogP contribution is 2.15. The van der Waals surface area contributed by atoms with E-state index in [1.54, 1.807) is 0 Å². The molecule has 0 N–H and O–H groups in total. The Morgan fingerprint density at radius 2 is 0.529 bits per heavy atom. The van der Waals surface area contributed by atoms with Crippen LogP contribution in [-0.4, -0.2) is 37.2 Å². The predicted octanol–water partition coefficient (Wildman–Crippen LogP) is 14.1. The maximum atomic E-state index is 12.7. The fourth-order valence-corrected chi connectivity index (χ4v) is 6.68. The number of carbonyl (C=O) groups is 3. The molecule has 0 aromatic heterocycles. The van der Waals surface area contributed by atoms with Crippen LogP contribution in [0.15, 0.2) is 0 Å². The summed E-state index contributed by atoms with van der Waals surface area (Å²) < 4.78 is 16.7. The molecule has 6 heteroatoms. The first kappa shape index (κ1) is 49.4. The zero-order valence-electron chi connectivity index (χ0n) is 34.4. The quantitative estimate of drug-likeness (QED) is 0.0355. The van der Waals surface area contributed by atoms with Crippen LogP contribution in [0.25, 0.3) is 0 Å². The van der Waals surface area contributed by atoms with E-state index in [1.165, 1.54) is 154 Å². The van der Waals surface area contributed by atoms with Crippen LogP contribution in [0, 0.1) is 0 Å². The van der Waals surface area contributed by atoms with Gasteiger partial charge in [-0.3, -0.25) is 14.4 Å². The van der Waals surface area contributed by atoms with Crippen molar-refractivity contribution >= 4 is 17.9 Å². The summed E-state index contributed by atoms with van der Waals surface area (Å²) in [5.41, 5.74) is 0. The van der Waals surface area contributed by atoms with Gasteiger partial charge in [0, 0.05) is 19.3 Å². The molecular formula is C45H86O6. The van der Waals surface area contributed by atoms with Crippen LogP contribution in [-0.2, 0) is 28.6 Å². The van der Waals surface area contributed by atoms with E-state index in [4.69, 9.17) is 14.2 Å². The van der Waals surface area contributed by atoms with E-state index >= 15 is 0 Å². The van der Waals surface area contributed by atoms with Crippen LogP contribution in [0.5, 0.6) is 0 Å². The van der Waals surface area contributed by atoms with E-state index in [0.29, 0.717) is 19.3 Å². The van der Waals surface area contributed by atoms with Crippen molar-refractivity contribution in [3.63, 3.8) is 0 Å². The molecule has 0 radical (unpaired) electrons. The van der Waals surface area contributed by atoms with Crippen LogP contribution in [0.3, 0.4) is 0 Å². The van der Waals surface area contributed by atoms with E-state index in [-0.39, 0.29) is 31.1 Å². The third kappa shape index (κ3) is 39.5. The standard InChI is InChI=1S/C45H86O6/c1-4-7-10-13-16-19-21-23-25-26-29-32-35-38-44(47)50-41-42(40-49-43(46)37-34-31-28-18-15-12-9-6-3)51-45(48)39-36-33-30-27-24-22-20-17-14-11-8-5-2/h42H,4-41H2,1-3H3. The Bertz CT molecular complexity index is 753. The Hall–Kier alpha value is -1.59. The Morgan fingerprint density at radius 3 is 0.784 bits per heavy atom. The van der Waals surface area contributed by atoms with Gasteiger partial charge < -0.3 is 14.2 Å². The second-order valence-electron chi connectivity index (χ2n) is 15.3. The molecule has 1 atom stereocenters. The van der Waals surface area contributed by atoms with Gasteiger partial charge in [-0.15, -0.1) is 0 Å². The van der Waals surface area contributed by atoms with Crippen LogP contribution < -0.4 is 0 Å². The van der Waals surface area contributed by atoms with Gasteiger partial charge in [0.25, 0.3) is 0 Å². The van der Waals surface area contributed by atoms with Crippen molar-refractivity contribution in [1.82, 2.24) is 0 Å². The molecule has 0 bridgehead atoms. The van der Waals surface area contributed by atoms with Crippen molar-refractivity contribution in [3.8, 4) is 0 Å². The number of hydrogen-bond acceptors (Lipinski definition) is 6. The van der Waals surface area contributed by atoms with Crippen LogP contribution in [0.4, 0.5) is 0 Å². The van der Waals surface area contributed by atoms with Gasteiger partial charge in [0.2, 0.25) is 0 Å². The van der Waals surface area contributed by atoms with Gasteiger partial charge in [0.05, 0.1) is 0 Å². The summed E-state index contributed by atoms with van der Waals surface area (Å²) in [5, 5.41) is 0. The van der Waals surface area contributed by atoms with Crippen LogP contribution in [0.1, 0.15) is 252 Å². The molecule has 0 aliphatic heterocycles. The highest BCUT2D eigenvalue weighted by molar-refractivity contribution is 5.71. The second kappa shape index (κ2) is 41.2. The molecule has 0 heterocycles. The molecule has 302 valence electrons. The van der Waals surface area contributed by atoms with E-state index in [2.05, 4.69) is 20.8 Å². The lowest BCUT2D eigenvalue weighted by Crippen LogP contribution is -2.30. The molecule has 0 aliphatic carbocycles. The minimum atomic E-state index is -0.757. The molecule has 0 saturated carbocycles. The van der Waals surface area contributed by atoms with Crippen molar-refractivity contribution in [2.75, 3.05) is 13.2 Å². The number of carbonyl (C=O) groups excluding carboxylic acids is 3. The first-order chi connectivity index (χ1) is 25.0. The van der Waals surface area contributed by atoms with Gasteiger partial charge in [-0.05, 0) is 19.3 Å². The SMILES string of the molecule is CCCCCCCCCCCCCCCC(=O)OCC(COC(=O)CCCCCCCCCC)OC(=O)CCCCCCCCCCCCCC. The van der Waals surface area contributed by atoms with Crippen molar-refractivity contribution < 1.29 is 28.6 Å². The summed E-state index contributed by atoms with van der Waals surface area (Å²) in [6.07, 6.45) is 40.8. The summed E-state index contributed by atoms with van der Waals surface area (Å²) in [5.74, 6) is -0.856. The molecule has 0 amide bonds. The highest BCUT2D eigenvalue weighted by atomic mass is 16.6. The van der Waals surface area contributed by atoms with E-state index in [1.807, 2.05) is 0 Å². The molecule has 1 unspecified atom stereocenters. The minimum absolute atomic E-state index is 0.0630. The van der Waals surface area contributed by atoms with Gasteiger partial charge in [-0.2, -0.15) is 0 Å². The summed E-state index contributed by atoms with van der Waals surface area (Å²) >= 11 is 0. The number of unbranched alkanes of at least 4 members (excludes halogenated alkanes) is 30. The number of hydrogen-bond donors (Lipinski definition) is 0. The zero-order chi connectivity index (χ0) is 37.3. The van der Waals surface area contributed by atoms with Crippen molar-refractivity contribution in [1.29, 1.82) is 0 Å². The number of rotatable bonds is 41. The third-order valence-corrected chi connectivity index (χ3v) is 10.1. The molecule has 0 fully saturated rings. The van der Waals surface area contributed by atoms with Crippen LogP contribution >= 0.6 is 0 Å². The summed E-state index contributed by atoms with van der Waals surface area (Å²) in [4.78, 5) is 37.6. The largest absolute Gasteiger partial charge is 0.462 e. The first-order valence-corrected chi connectivity index (χ1v) is 22.5. The van der Waals surface area contributed by atoms with Crippen LogP contribution in [0.2, 0.25) is 0 Å². The number of ether oxygens (including phenoxy) is 3. The van der Waals surface area contributed by atoms with Crippen molar-refractivity contribution in [2.24, 2.45) is 0 Å². The molecule has 0 rings (SSSR count). The Balaban J connectivity index is 4.29. The summed E-state index contributed by atoms with van der Waals surface area (Å²) in [6, 6.07) is 0. The Kier molecular flexibility index (Phi) is 39.9. The average Bonchev–Trinajstić information content (AvgIpc) is 3.12. The van der Waals surface area contributed by atoms with Gasteiger partial charge in [0.1, 0.15) is 13.2 Å². The molecule has 0 aromatic rings. The molecule has 0 spiro atoms. The molecule has 0 aliphatic rings. The lowest BCUT2D eigenvalue weighted by molar-refractivity contribution is -0.167. The summed E-state index contributed by atoms with van der Waals surface area (Å²) in [6.45, 7) is 6.62. The maximum absolute atomic E-state index is 12.7. The van der Waals surface area contributed by atoms with Gasteiger partial charge in [0.15, 0.2) is 6.10 Å². The van der Waals surface area contributed by atoms with Crippen molar-refractivity contribution in [3.05, 3.63) is 0 Å². The van der Waals surface area contributed by atoms with Gasteiger partial charge in [-0.1, -0.05) is 213 Å². The molecular weight excluding hydrogens is 636 g/mol. The van der Waals surface area contributed by atoms with E-state index in [9.17, 15) is 14.4 Å². The fraction of sp³-hybridized carbons (Fsp3) is 0.933. The molecule has 0 saturated heterocycles. The Labute approximate surface area is 317 Å². The van der Waals surface area contributed by atoms with Crippen molar-refractivity contribution in [2.45, 2.75) is 258 Å². The predicted molar refractivity (Wildman–Crippen MR) is 215 cm³/mol. The maximum Gasteiger partial charge on any atom is 0.306 e. The molecule has 0 aromatic carbocycles. The molecule has 6 nitrogen and oxygen atoms in total. The lowest BCUT2D eigenvalue weighted by Gasteiger charge is -2.18. The minimum Gasteiger partial charge on any atom is -0.462 e. The normalized spacial score (nSPS) is 11.8. The highest BCUT2D eigenvalue weighted by Gasteiger charge is 2.19. The third-order valence-electron chi connectivity index (χ3n) is 10.1. The van der Waals surface area contributed by atoms with E-state index in [0.717, 1.165) is 57.8 Å². The topological polar surface area (TPSA) is 78.9 Å². The van der Waals surface area contributed by atoms with Gasteiger partial charge in [-0.25, -0.2) is 0 Å². The average molecular weight is 723 g/mol. The number of esters is 3. The van der Waals surface area contributed by atoms with Gasteiger partial charge >= 0.3 is 17.9 Å². The zero-order valence-corrected chi connectivity index (χ0v) is 34.4. The summed E-state index contributed by atoms with van der Waals surface area (Å²) in [7, 11) is 0. The monoisotopic (exact) mass is 723 g/mol. The fourth-order valence-electron chi connectivity index (χ4n) is 6.68. The first-order valence-electron chi connectivity index (χ1n) is 22.5. The van der Waals surface area contributed by atoms with E-state index < -0.39 is 6.10 Å².